The number of nitrogens with one attached hydrogen (secondary N) is 1. The van der Waals surface area contributed by atoms with Gasteiger partial charge in [0.15, 0.2) is 5.82 Å². The lowest BCUT2D eigenvalue weighted by Gasteiger charge is -2.13. The Morgan fingerprint density at radius 2 is 2.10 bits per heavy atom. The summed E-state index contributed by atoms with van der Waals surface area (Å²) in [4.78, 5) is 24.3. The summed E-state index contributed by atoms with van der Waals surface area (Å²) in [6.07, 6.45) is 1.44. The number of nitrogens with zero attached hydrogens (tertiary/aromatic N) is 5. The second-order valence-electron chi connectivity index (χ2n) is 4.79. The smallest absolute Gasteiger partial charge is 0.377 e. The monoisotopic (exact) mass is 290 g/mol. The molecule has 0 bridgehead atoms. The van der Waals surface area contributed by atoms with Gasteiger partial charge in [0.25, 0.3) is 5.82 Å². The molecule has 8 nitrogen and oxygen atoms in total. The number of ether oxygens (including phenoxy) is 1. The van der Waals surface area contributed by atoms with Gasteiger partial charge in [-0.15, -0.1) is 5.10 Å². The number of carbonyl (C=O) groups excluding carboxylic acids is 1. The lowest BCUT2D eigenvalue weighted by Crippen LogP contribution is -2.12. The quantitative estimate of drug-likeness (QED) is 0.848. The predicted molar refractivity (Wildman–Crippen MR) is 76.7 cm³/mol. The van der Waals surface area contributed by atoms with E-state index in [2.05, 4.69) is 30.1 Å². The van der Waals surface area contributed by atoms with Gasteiger partial charge < -0.3 is 10.1 Å². The lowest BCUT2D eigenvalue weighted by molar-refractivity contribution is 0.0587. The zero-order valence-corrected chi connectivity index (χ0v) is 12.7. The van der Waals surface area contributed by atoms with Crippen molar-refractivity contribution in [1.29, 1.82) is 0 Å². The molecule has 0 saturated carbocycles. The van der Waals surface area contributed by atoms with Gasteiger partial charge in [-0.3, -0.25) is 0 Å². The van der Waals surface area contributed by atoms with Crippen LogP contribution in [0, 0.1) is 6.92 Å². The predicted octanol–water partition coefficient (Wildman–Crippen LogP) is 1.32. The van der Waals surface area contributed by atoms with E-state index in [1.807, 2.05) is 20.8 Å². The zero-order valence-electron chi connectivity index (χ0n) is 12.7. The topological polar surface area (TPSA) is 94.8 Å². The Labute approximate surface area is 122 Å². The second kappa shape index (κ2) is 5.86. The number of carbonyl (C=O) groups is 1. The summed E-state index contributed by atoms with van der Waals surface area (Å²) < 4.78 is 6.05. The number of esters is 1. The van der Waals surface area contributed by atoms with Crippen molar-refractivity contribution in [2.75, 3.05) is 19.5 Å². The average molecular weight is 290 g/mol. The maximum atomic E-state index is 11.4. The molecule has 2 aromatic rings. The average Bonchev–Trinajstić information content (AvgIpc) is 2.96. The molecule has 0 amide bonds. The standard InChI is InChI=1S/C13H18N6O2/c1-7(2)9-16-10(14-4)8(3)12(17-9)19-6-15-11(18-19)13(20)21-5/h6-7H,1-5H3,(H,14,16,17). The molecule has 0 unspecified atom stereocenters. The molecule has 0 saturated heterocycles. The van der Waals surface area contributed by atoms with Crippen LogP contribution in [0.4, 0.5) is 5.82 Å². The molecule has 2 rings (SSSR count). The molecular weight excluding hydrogens is 272 g/mol. The molecule has 0 atom stereocenters. The van der Waals surface area contributed by atoms with Crippen molar-refractivity contribution >= 4 is 11.8 Å². The van der Waals surface area contributed by atoms with Crippen molar-refractivity contribution in [3.05, 3.63) is 23.5 Å². The van der Waals surface area contributed by atoms with Gasteiger partial charge in [-0.2, -0.15) is 0 Å². The fraction of sp³-hybridized carbons (Fsp3) is 0.462. The molecule has 112 valence electrons. The van der Waals surface area contributed by atoms with Crippen LogP contribution in [0.5, 0.6) is 0 Å². The van der Waals surface area contributed by atoms with E-state index in [9.17, 15) is 4.79 Å². The summed E-state index contributed by atoms with van der Waals surface area (Å²) in [5.41, 5.74) is 0.822. The van der Waals surface area contributed by atoms with Crippen LogP contribution in [-0.2, 0) is 4.74 Å². The van der Waals surface area contributed by atoms with Crippen molar-refractivity contribution in [2.45, 2.75) is 26.7 Å². The minimum atomic E-state index is -0.585. The van der Waals surface area contributed by atoms with Crippen LogP contribution in [0.1, 0.15) is 41.8 Å². The first-order chi connectivity index (χ1) is 9.97. The van der Waals surface area contributed by atoms with Gasteiger partial charge in [-0.1, -0.05) is 13.8 Å². The van der Waals surface area contributed by atoms with Crippen LogP contribution < -0.4 is 5.32 Å². The summed E-state index contributed by atoms with van der Waals surface area (Å²) in [5.74, 6) is 1.57. The van der Waals surface area contributed by atoms with Crippen LogP contribution in [0.2, 0.25) is 0 Å². The minimum Gasteiger partial charge on any atom is -0.463 e. The van der Waals surface area contributed by atoms with E-state index in [0.717, 1.165) is 11.4 Å². The Hall–Kier alpha value is -2.51. The number of hydrogen-bond acceptors (Lipinski definition) is 7. The first kappa shape index (κ1) is 14.9. The highest BCUT2D eigenvalue weighted by atomic mass is 16.5. The summed E-state index contributed by atoms with van der Waals surface area (Å²) in [6.45, 7) is 5.90. The molecule has 2 heterocycles. The van der Waals surface area contributed by atoms with Crippen LogP contribution in [-0.4, -0.2) is 44.9 Å². The molecule has 1 N–H and O–H groups in total. The number of aromatic nitrogens is 5. The van der Waals surface area contributed by atoms with Gasteiger partial charge >= 0.3 is 5.97 Å². The van der Waals surface area contributed by atoms with E-state index in [4.69, 9.17) is 0 Å². The molecule has 0 aliphatic rings. The van der Waals surface area contributed by atoms with Crippen molar-refractivity contribution < 1.29 is 9.53 Å². The highest BCUT2D eigenvalue weighted by Crippen LogP contribution is 2.21. The molecule has 0 fully saturated rings. The van der Waals surface area contributed by atoms with Gasteiger partial charge in [0, 0.05) is 18.5 Å². The van der Waals surface area contributed by atoms with E-state index in [1.165, 1.54) is 18.1 Å². The normalized spacial score (nSPS) is 10.8. The van der Waals surface area contributed by atoms with Crippen molar-refractivity contribution in [2.24, 2.45) is 0 Å². The molecule has 0 spiro atoms. The lowest BCUT2D eigenvalue weighted by atomic mass is 10.2. The van der Waals surface area contributed by atoms with Gasteiger partial charge in [0.1, 0.15) is 18.0 Å². The summed E-state index contributed by atoms with van der Waals surface area (Å²) >= 11 is 0. The molecule has 0 aromatic carbocycles. The fourth-order valence-electron chi connectivity index (χ4n) is 1.80. The third-order valence-corrected chi connectivity index (χ3v) is 2.97. The Bertz CT molecular complexity index is 665. The Balaban J connectivity index is 2.54. The largest absolute Gasteiger partial charge is 0.463 e. The van der Waals surface area contributed by atoms with E-state index in [-0.39, 0.29) is 11.7 Å². The summed E-state index contributed by atoms with van der Waals surface area (Å²) in [6, 6.07) is 0. The first-order valence-electron chi connectivity index (χ1n) is 6.54. The van der Waals surface area contributed by atoms with E-state index in [1.54, 1.807) is 7.05 Å². The molecule has 8 heteroatoms. The first-order valence-corrected chi connectivity index (χ1v) is 6.54. The molecule has 0 radical (unpaired) electrons. The van der Waals surface area contributed by atoms with Crippen LogP contribution in [0.25, 0.3) is 5.82 Å². The van der Waals surface area contributed by atoms with E-state index < -0.39 is 5.97 Å². The highest BCUT2D eigenvalue weighted by Gasteiger charge is 2.17. The maximum absolute atomic E-state index is 11.4. The Morgan fingerprint density at radius 3 is 2.67 bits per heavy atom. The zero-order chi connectivity index (χ0) is 15.6. The summed E-state index contributed by atoms with van der Waals surface area (Å²) in [5, 5.41) is 7.14. The van der Waals surface area contributed by atoms with Gasteiger partial charge in [-0.25, -0.2) is 24.4 Å². The number of anilines is 1. The van der Waals surface area contributed by atoms with Crippen molar-refractivity contribution in [3.63, 3.8) is 0 Å². The second-order valence-corrected chi connectivity index (χ2v) is 4.79. The van der Waals surface area contributed by atoms with Gasteiger partial charge in [0.2, 0.25) is 0 Å². The molecule has 21 heavy (non-hydrogen) atoms. The molecule has 0 aliphatic carbocycles. The van der Waals surface area contributed by atoms with E-state index >= 15 is 0 Å². The van der Waals surface area contributed by atoms with Crippen LogP contribution in [0.15, 0.2) is 6.33 Å². The third kappa shape index (κ3) is 2.83. The van der Waals surface area contributed by atoms with Crippen LogP contribution >= 0.6 is 0 Å². The highest BCUT2D eigenvalue weighted by molar-refractivity contribution is 5.84. The molecular formula is C13H18N6O2. The Morgan fingerprint density at radius 1 is 1.38 bits per heavy atom. The fourth-order valence-corrected chi connectivity index (χ4v) is 1.80. The van der Waals surface area contributed by atoms with Crippen molar-refractivity contribution in [1.82, 2.24) is 24.7 Å². The number of hydrogen-bond donors (Lipinski definition) is 1. The van der Waals surface area contributed by atoms with Gasteiger partial charge in [0.05, 0.1) is 7.11 Å². The SMILES string of the molecule is CNc1nc(C(C)C)nc(-n2cnc(C(=O)OC)n2)c1C. The number of rotatable bonds is 4. The third-order valence-electron chi connectivity index (χ3n) is 2.97. The van der Waals surface area contributed by atoms with Crippen molar-refractivity contribution in [3.8, 4) is 5.82 Å². The minimum absolute atomic E-state index is 0.00684. The maximum Gasteiger partial charge on any atom is 0.377 e. The molecule has 2 aromatic heterocycles. The van der Waals surface area contributed by atoms with Crippen LogP contribution in [0.3, 0.4) is 0 Å². The molecule has 0 aliphatic heterocycles. The number of methoxy groups -OCH3 is 1. The van der Waals surface area contributed by atoms with E-state index in [0.29, 0.717) is 11.6 Å². The summed E-state index contributed by atoms with van der Waals surface area (Å²) in [7, 11) is 3.08. The van der Waals surface area contributed by atoms with Gasteiger partial charge in [-0.05, 0) is 6.92 Å². The Kier molecular flexibility index (Phi) is 4.15.